The van der Waals surface area contributed by atoms with E-state index in [2.05, 4.69) is 5.32 Å². The summed E-state index contributed by atoms with van der Waals surface area (Å²) in [5.41, 5.74) is 6.79. The van der Waals surface area contributed by atoms with Crippen LogP contribution in [0.2, 0.25) is 0 Å². The van der Waals surface area contributed by atoms with Crippen molar-refractivity contribution in [1.29, 1.82) is 0 Å². The molecule has 3 rings (SSSR count). The molecular weight excluding hydrogens is 364 g/mol. The van der Waals surface area contributed by atoms with Gasteiger partial charge in [-0.05, 0) is 24.5 Å². The molecule has 0 spiro atoms. The van der Waals surface area contributed by atoms with Gasteiger partial charge in [-0.2, -0.15) is 0 Å². The van der Waals surface area contributed by atoms with E-state index in [0.29, 0.717) is 24.3 Å². The molecule has 1 aliphatic carbocycles. The zero-order valence-electron chi connectivity index (χ0n) is 14.6. The molecule has 27 heavy (non-hydrogen) atoms. The second-order valence-corrected chi connectivity index (χ2v) is 7.60. The molecule has 0 saturated carbocycles. The van der Waals surface area contributed by atoms with Gasteiger partial charge in [0.1, 0.15) is 5.00 Å². The Morgan fingerprint density at radius 2 is 1.78 bits per heavy atom. The van der Waals surface area contributed by atoms with Crippen molar-refractivity contribution in [3.8, 4) is 0 Å². The van der Waals surface area contributed by atoms with Crippen LogP contribution in [-0.2, 0) is 16.0 Å². The molecule has 1 aromatic carbocycles. The Labute approximate surface area is 160 Å². The maximum absolute atomic E-state index is 12.7. The van der Waals surface area contributed by atoms with Gasteiger partial charge in [-0.3, -0.25) is 14.4 Å². The van der Waals surface area contributed by atoms with Gasteiger partial charge in [0.05, 0.1) is 17.4 Å². The number of carbonyl (C=O) groups is 3. The second kappa shape index (κ2) is 8.18. The summed E-state index contributed by atoms with van der Waals surface area (Å²) in [6.45, 7) is 0. The lowest BCUT2D eigenvalue weighted by Crippen LogP contribution is -2.34. The number of carboxylic acid groups (broad SMARTS) is 1. The fraction of sp³-hybridized carbons (Fsp3) is 0.250. The van der Waals surface area contributed by atoms with Crippen molar-refractivity contribution in [3.05, 3.63) is 64.6 Å². The molecule has 1 heterocycles. The summed E-state index contributed by atoms with van der Waals surface area (Å²) in [7, 11) is 0. The predicted octanol–water partition coefficient (Wildman–Crippen LogP) is 3.04. The highest BCUT2D eigenvalue weighted by Gasteiger charge is 2.34. The molecule has 1 aliphatic rings. The third kappa shape index (κ3) is 4.43. The monoisotopic (exact) mass is 384 g/mol. The number of aliphatic carboxylic acids is 1. The van der Waals surface area contributed by atoms with Gasteiger partial charge in [0.2, 0.25) is 5.91 Å². The minimum atomic E-state index is -0.995. The average molecular weight is 384 g/mol. The van der Waals surface area contributed by atoms with Crippen molar-refractivity contribution >= 4 is 34.1 Å². The van der Waals surface area contributed by atoms with E-state index in [4.69, 9.17) is 5.73 Å². The van der Waals surface area contributed by atoms with Gasteiger partial charge >= 0.3 is 5.97 Å². The summed E-state index contributed by atoms with van der Waals surface area (Å²) in [6.07, 6.45) is 4.89. The quantitative estimate of drug-likeness (QED) is 0.665. The summed E-state index contributed by atoms with van der Waals surface area (Å²) in [4.78, 5) is 36.8. The fourth-order valence-corrected chi connectivity index (χ4v) is 4.28. The molecule has 140 valence electrons. The van der Waals surface area contributed by atoms with E-state index in [1.165, 1.54) is 11.3 Å². The lowest BCUT2D eigenvalue weighted by atomic mass is 9.82. The summed E-state index contributed by atoms with van der Waals surface area (Å²) >= 11 is 1.29. The summed E-state index contributed by atoms with van der Waals surface area (Å²) in [5, 5.41) is 12.5. The van der Waals surface area contributed by atoms with Crippen molar-refractivity contribution < 1.29 is 19.5 Å². The van der Waals surface area contributed by atoms with Gasteiger partial charge in [-0.25, -0.2) is 0 Å². The molecule has 1 aromatic heterocycles. The van der Waals surface area contributed by atoms with Gasteiger partial charge in [-0.1, -0.05) is 42.5 Å². The first-order valence-corrected chi connectivity index (χ1v) is 9.42. The number of allylic oxidation sites excluding steroid dienone is 2. The molecule has 0 radical (unpaired) electrons. The summed E-state index contributed by atoms with van der Waals surface area (Å²) < 4.78 is 0. The van der Waals surface area contributed by atoms with E-state index in [1.54, 1.807) is 12.1 Å². The van der Waals surface area contributed by atoms with Crippen LogP contribution in [0.3, 0.4) is 0 Å². The first-order valence-electron chi connectivity index (χ1n) is 8.61. The molecular formula is C20H20N2O4S. The molecule has 0 fully saturated rings. The van der Waals surface area contributed by atoms with Crippen molar-refractivity contribution in [2.75, 3.05) is 5.32 Å². The van der Waals surface area contributed by atoms with Crippen molar-refractivity contribution in [3.63, 3.8) is 0 Å². The second-order valence-electron chi connectivity index (χ2n) is 6.47. The van der Waals surface area contributed by atoms with E-state index in [1.807, 2.05) is 36.4 Å². The van der Waals surface area contributed by atoms with Gasteiger partial charge in [0.25, 0.3) is 5.91 Å². The van der Waals surface area contributed by atoms with Crippen molar-refractivity contribution in [1.82, 2.24) is 0 Å². The van der Waals surface area contributed by atoms with E-state index < -0.39 is 29.6 Å². The van der Waals surface area contributed by atoms with E-state index in [9.17, 15) is 19.5 Å². The summed E-state index contributed by atoms with van der Waals surface area (Å²) in [5.74, 6) is -3.46. The van der Waals surface area contributed by atoms with Crippen LogP contribution in [0, 0.1) is 11.8 Å². The van der Waals surface area contributed by atoms with E-state index in [-0.39, 0.29) is 5.56 Å². The SMILES string of the molecule is NC(=O)c1cc(Cc2ccccc2)sc1NC(=O)C1CC=CCC1C(=O)O. The number of primary amides is 1. The normalized spacial score (nSPS) is 18.8. The Balaban J connectivity index is 1.81. The Hall–Kier alpha value is -2.93. The number of thiophene rings is 1. The fourth-order valence-electron chi connectivity index (χ4n) is 3.18. The Bertz CT molecular complexity index is 889. The molecule has 0 saturated heterocycles. The van der Waals surface area contributed by atoms with Gasteiger partial charge in [0, 0.05) is 11.3 Å². The predicted molar refractivity (Wildman–Crippen MR) is 104 cm³/mol. The number of anilines is 1. The molecule has 2 unspecified atom stereocenters. The van der Waals surface area contributed by atoms with Crippen molar-refractivity contribution in [2.45, 2.75) is 19.3 Å². The number of carbonyl (C=O) groups excluding carboxylic acids is 2. The first kappa shape index (κ1) is 18.8. The highest BCUT2D eigenvalue weighted by molar-refractivity contribution is 7.16. The molecule has 0 bridgehead atoms. The standard InChI is InChI=1S/C20H20N2O4S/c21-17(23)16-11-13(10-12-6-2-1-3-7-12)27-19(16)22-18(24)14-8-4-5-9-15(14)20(25)26/h1-7,11,14-15H,8-10H2,(H2,21,23)(H,22,24)(H,25,26). The third-order valence-corrected chi connectivity index (χ3v) is 5.64. The zero-order chi connectivity index (χ0) is 19.4. The van der Waals surface area contributed by atoms with Crippen LogP contribution in [0.4, 0.5) is 5.00 Å². The Morgan fingerprint density at radius 1 is 1.11 bits per heavy atom. The lowest BCUT2D eigenvalue weighted by molar-refractivity contribution is -0.146. The highest BCUT2D eigenvalue weighted by Crippen LogP contribution is 2.32. The zero-order valence-corrected chi connectivity index (χ0v) is 15.4. The molecule has 6 nitrogen and oxygen atoms in total. The average Bonchev–Trinajstić information content (AvgIpc) is 3.05. The molecule has 2 aromatic rings. The number of hydrogen-bond donors (Lipinski definition) is 3. The lowest BCUT2D eigenvalue weighted by Gasteiger charge is -2.24. The van der Waals surface area contributed by atoms with Crippen LogP contribution in [0.1, 0.15) is 33.6 Å². The number of hydrogen-bond acceptors (Lipinski definition) is 4. The van der Waals surface area contributed by atoms with Gasteiger partial charge < -0.3 is 16.2 Å². The highest BCUT2D eigenvalue weighted by atomic mass is 32.1. The van der Waals surface area contributed by atoms with Crippen molar-refractivity contribution in [2.24, 2.45) is 17.6 Å². The number of nitrogens with one attached hydrogen (secondary N) is 1. The van der Waals surface area contributed by atoms with Crippen LogP contribution in [-0.4, -0.2) is 22.9 Å². The molecule has 4 N–H and O–H groups in total. The van der Waals surface area contributed by atoms with Crippen LogP contribution in [0.5, 0.6) is 0 Å². The smallest absolute Gasteiger partial charge is 0.307 e. The van der Waals surface area contributed by atoms with E-state index in [0.717, 1.165) is 10.4 Å². The third-order valence-electron chi connectivity index (χ3n) is 4.59. The summed E-state index contributed by atoms with van der Waals surface area (Å²) in [6, 6.07) is 11.4. The number of carboxylic acids is 1. The minimum absolute atomic E-state index is 0.248. The maximum Gasteiger partial charge on any atom is 0.307 e. The maximum atomic E-state index is 12.7. The van der Waals surface area contributed by atoms with E-state index >= 15 is 0 Å². The Kier molecular flexibility index (Phi) is 5.71. The van der Waals surface area contributed by atoms with Crippen LogP contribution >= 0.6 is 11.3 Å². The van der Waals surface area contributed by atoms with Crippen LogP contribution in [0.15, 0.2) is 48.6 Å². The van der Waals surface area contributed by atoms with Crippen LogP contribution in [0.25, 0.3) is 0 Å². The molecule has 7 heteroatoms. The molecule has 2 atom stereocenters. The largest absolute Gasteiger partial charge is 0.481 e. The number of benzene rings is 1. The molecule has 2 amide bonds. The first-order chi connectivity index (χ1) is 13.0. The molecule has 0 aliphatic heterocycles. The van der Waals surface area contributed by atoms with Crippen LogP contribution < -0.4 is 11.1 Å². The number of nitrogens with two attached hydrogens (primary N) is 1. The topological polar surface area (TPSA) is 109 Å². The Morgan fingerprint density at radius 3 is 2.41 bits per heavy atom. The van der Waals surface area contributed by atoms with Gasteiger partial charge in [0.15, 0.2) is 0 Å². The van der Waals surface area contributed by atoms with Gasteiger partial charge in [-0.15, -0.1) is 11.3 Å². The number of rotatable bonds is 6. The number of amides is 2. The minimum Gasteiger partial charge on any atom is -0.481 e.